The van der Waals surface area contributed by atoms with Crippen molar-refractivity contribution in [3.8, 4) is 11.5 Å². The summed E-state index contributed by atoms with van der Waals surface area (Å²) in [6.07, 6.45) is -0.967. The predicted octanol–water partition coefficient (Wildman–Crippen LogP) is 3.58. The molecule has 0 saturated carbocycles. The Balaban J connectivity index is 1.54. The Hall–Kier alpha value is -2.44. The number of benzene rings is 2. The van der Waals surface area contributed by atoms with Crippen molar-refractivity contribution in [2.24, 2.45) is 0 Å². The predicted molar refractivity (Wildman–Crippen MR) is 95.8 cm³/mol. The highest BCUT2D eigenvalue weighted by Crippen LogP contribution is 2.32. The average molecular weight is 396 g/mol. The van der Waals surface area contributed by atoms with E-state index >= 15 is 0 Å². The molecule has 1 atom stereocenters. The zero-order valence-electron chi connectivity index (χ0n) is 13.8. The summed E-state index contributed by atoms with van der Waals surface area (Å²) in [6.45, 7) is 1.95. The summed E-state index contributed by atoms with van der Waals surface area (Å²) in [5, 5.41) is 3.28. The van der Waals surface area contributed by atoms with Gasteiger partial charge in [0.2, 0.25) is 6.79 Å². The first kappa shape index (κ1) is 18.4. The summed E-state index contributed by atoms with van der Waals surface area (Å²) in [5.74, 6) is 0.227. The van der Waals surface area contributed by atoms with E-state index in [9.17, 15) is 9.59 Å². The van der Waals surface area contributed by atoms with Crippen molar-refractivity contribution in [1.82, 2.24) is 5.32 Å². The molecule has 3 rings (SSSR count). The van der Waals surface area contributed by atoms with Crippen molar-refractivity contribution in [1.29, 1.82) is 0 Å². The molecular weight excluding hydrogens is 381 g/mol. The Bertz CT molecular complexity index is 855. The van der Waals surface area contributed by atoms with Gasteiger partial charge >= 0.3 is 5.97 Å². The molecule has 0 radical (unpaired) electrons. The van der Waals surface area contributed by atoms with Gasteiger partial charge in [0, 0.05) is 6.54 Å². The van der Waals surface area contributed by atoms with Crippen LogP contribution in [0.5, 0.6) is 11.5 Å². The number of halogens is 2. The van der Waals surface area contributed by atoms with Gasteiger partial charge in [0.1, 0.15) is 0 Å². The molecule has 136 valence electrons. The molecule has 0 aliphatic carbocycles. The molecule has 1 heterocycles. The van der Waals surface area contributed by atoms with E-state index in [0.29, 0.717) is 16.5 Å². The van der Waals surface area contributed by atoms with Gasteiger partial charge in [-0.05, 0) is 42.8 Å². The van der Waals surface area contributed by atoms with Crippen molar-refractivity contribution < 1.29 is 23.8 Å². The van der Waals surface area contributed by atoms with Gasteiger partial charge in [0.15, 0.2) is 17.6 Å². The highest BCUT2D eigenvalue weighted by atomic mass is 35.5. The molecule has 8 heteroatoms. The third-order valence-corrected chi connectivity index (χ3v) is 4.45. The Morgan fingerprint density at radius 1 is 1.12 bits per heavy atom. The maximum atomic E-state index is 12.1. The van der Waals surface area contributed by atoms with Crippen molar-refractivity contribution in [3.63, 3.8) is 0 Å². The summed E-state index contributed by atoms with van der Waals surface area (Å²) < 4.78 is 15.7. The van der Waals surface area contributed by atoms with E-state index < -0.39 is 18.0 Å². The monoisotopic (exact) mass is 395 g/mol. The molecule has 1 amide bonds. The van der Waals surface area contributed by atoms with Crippen LogP contribution in [0.4, 0.5) is 0 Å². The number of hydrogen-bond donors (Lipinski definition) is 1. The third-order valence-electron chi connectivity index (χ3n) is 3.71. The quantitative estimate of drug-likeness (QED) is 0.783. The number of carbonyl (C=O) groups excluding carboxylic acids is 2. The van der Waals surface area contributed by atoms with Crippen LogP contribution in [0.15, 0.2) is 36.4 Å². The maximum Gasteiger partial charge on any atom is 0.338 e. The molecule has 2 aromatic rings. The van der Waals surface area contributed by atoms with Crippen LogP contribution in [-0.2, 0) is 16.1 Å². The zero-order chi connectivity index (χ0) is 18.7. The van der Waals surface area contributed by atoms with Crippen LogP contribution in [0, 0.1) is 0 Å². The molecule has 0 unspecified atom stereocenters. The first-order chi connectivity index (χ1) is 12.4. The number of esters is 1. The van der Waals surface area contributed by atoms with E-state index in [4.69, 9.17) is 37.4 Å². The molecule has 26 heavy (non-hydrogen) atoms. The lowest BCUT2D eigenvalue weighted by Crippen LogP contribution is -2.35. The Morgan fingerprint density at radius 3 is 2.65 bits per heavy atom. The molecule has 0 bridgehead atoms. The first-order valence-electron chi connectivity index (χ1n) is 7.76. The Morgan fingerprint density at radius 2 is 1.88 bits per heavy atom. The molecule has 2 aromatic carbocycles. The lowest BCUT2D eigenvalue weighted by Gasteiger charge is -2.14. The topological polar surface area (TPSA) is 73.9 Å². The molecule has 0 fully saturated rings. The number of fused-ring (bicyclic) bond motifs is 1. The lowest BCUT2D eigenvalue weighted by molar-refractivity contribution is -0.129. The Kier molecular flexibility index (Phi) is 5.54. The SMILES string of the molecule is C[C@H](OC(=O)c1ccc(Cl)c(Cl)c1)C(=O)NCc1ccc2c(c1)OCO2. The highest BCUT2D eigenvalue weighted by Gasteiger charge is 2.20. The van der Waals surface area contributed by atoms with Gasteiger partial charge in [0.25, 0.3) is 5.91 Å². The van der Waals surface area contributed by atoms with E-state index in [-0.39, 0.29) is 23.9 Å². The summed E-state index contributed by atoms with van der Waals surface area (Å²) in [5.41, 5.74) is 1.06. The fourth-order valence-electron chi connectivity index (χ4n) is 2.29. The van der Waals surface area contributed by atoms with Crippen LogP contribution in [0.1, 0.15) is 22.8 Å². The number of amides is 1. The normalized spacial score (nSPS) is 13.2. The smallest absolute Gasteiger partial charge is 0.338 e. The van der Waals surface area contributed by atoms with Crippen LogP contribution in [0.25, 0.3) is 0 Å². The number of carbonyl (C=O) groups is 2. The van der Waals surface area contributed by atoms with Crippen LogP contribution in [-0.4, -0.2) is 24.8 Å². The van der Waals surface area contributed by atoms with E-state index in [1.54, 1.807) is 12.1 Å². The maximum absolute atomic E-state index is 12.1. The largest absolute Gasteiger partial charge is 0.454 e. The number of nitrogens with one attached hydrogen (secondary N) is 1. The second-order valence-electron chi connectivity index (χ2n) is 5.58. The fraction of sp³-hybridized carbons (Fsp3) is 0.222. The minimum absolute atomic E-state index is 0.187. The molecule has 6 nitrogen and oxygen atoms in total. The summed E-state index contributed by atoms with van der Waals surface area (Å²) in [4.78, 5) is 24.2. The lowest BCUT2D eigenvalue weighted by atomic mass is 10.2. The second kappa shape index (κ2) is 7.85. The van der Waals surface area contributed by atoms with Gasteiger partial charge in [0.05, 0.1) is 15.6 Å². The summed E-state index contributed by atoms with van der Waals surface area (Å²) in [7, 11) is 0. The van der Waals surface area contributed by atoms with E-state index in [1.807, 2.05) is 6.07 Å². The van der Waals surface area contributed by atoms with Gasteiger partial charge in [-0.3, -0.25) is 4.79 Å². The van der Waals surface area contributed by atoms with E-state index in [1.165, 1.54) is 25.1 Å². The minimum atomic E-state index is -0.967. The van der Waals surface area contributed by atoms with Gasteiger partial charge in [-0.2, -0.15) is 0 Å². The fourth-order valence-corrected chi connectivity index (χ4v) is 2.59. The highest BCUT2D eigenvalue weighted by molar-refractivity contribution is 6.42. The van der Waals surface area contributed by atoms with Gasteiger partial charge < -0.3 is 19.5 Å². The van der Waals surface area contributed by atoms with Crippen molar-refractivity contribution >= 4 is 35.1 Å². The molecular formula is C18H15Cl2NO5. The molecule has 1 N–H and O–H groups in total. The van der Waals surface area contributed by atoms with Crippen molar-refractivity contribution in [3.05, 3.63) is 57.6 Å². The standard InChI is InChI=1S/C18H15Cl2NO5/c1-10(26-18(23)12-3-4-13(19)14(20)7-12)17(22)21-8-11-2-5-15-16(6-11)25-9-24-15/h2-7,10H,8-9H2,1H3,(H,21,22)/t10-/m0/s1. The molecule has 0 saturated heterocycles. The van der Waals surface area contributed by atoms with Crippen molar-refractivity contribution in [2.45, 2.75) is 19.6 Å². The first-order valence-corrected chi connectivity index (χ1v) is 8.52. The van der Waals surface area contributed by atoms with E-state index in [0.717, 1.165) is 5.56 Å². The Labute approximate surface area is 159 Å². The van der Waals surface area contributed by atoms with Gasteiger partial charge in [-0.15, -0.1) is 0 Å². The number of ether oxygens (including phenoxy) is 3. The van der Waals surface area contributed by atoms with Crippen LogP contribution in [0.2, 0.25) is 10.0 Å². The molecule has 0 aromatic heterocycles. The van der Waals surface area contributed by atoms with Crippen LogP contribution in [0.3, 0.4) is 0 Å². The zero-order valence-corrected chi connectivity index (χ0v) is 15.3. The molecule has 1 aliphatic heterocycles. The second-order valence-corrected chi connectivity index (χ2v) is 6.40. The van der Waals surface area contributed by atoms with Crippen LogP contribution < -0.4 is 14.8 Å². The number of hydrogen-bond acceptors (Lipinski definition) is 5. The molecule has 1 aliphatic rings. The summed E-state index contributed by atoms with van der Waals surface area (Å²) in [6, 6.07) is 9.74. The summed E-state index contributed by atoms with van der Waals surface area (Å²) >= 11 is 11.7. The average Bonchev–Trinajstić information content (AvgIpc) is 3.09. The minimum Gasteiger partial charge on any atom is -0.454 e. The van der Waals surface area contributed by atoms with Gasteiger partial charge in [-0.25, -0.2) is 4.79 Å². The van der Waals surface area contributed by atoms with Gasteiger partial charge in [-0.1, -0.05) is 29.3 Å². The molecule has 0 spiro atoms. The van der Waals surface area contributed by atoms with Crippen molar-refractivity contribution in [2.75, 3.05) is 6.79 Å². The van der Waals surface area contributed by atoms with Crippen LogP contribution >= 0.6 is 23.2 Å². The van der Waals surface area contributed by atoms with E-state index in [2.05, 4.69) is 5.32 Å². The third kappa shape index (κ3) is 4.20. The number of rotatable bonds is 5.